The number of amides is 2. The average Bonchev–Trinajstić information content (AvgIpc) is 3.25. The SMILES string of the molecule is NCC(=O)Nn1cc(Cl)c2ccccc21.NCC(=O)Nn1cc(Cl)c2ccccc21. The van der Waals surface area contributed by atoms with Gasteiger partial charge < -0.3 is 11.5 Å². The number of nitrogens with two attached hydrogens (primary N) is 2. The third-order valence-corrected chi connectivity index (χ3v) is 4.79. The lowest BCUT2D eigenvalue weighted by atomic mass is 10.2. The van der Waals surface area contributed by atoms with Crippen LogP contribution in [0.5, 0.6) is 0 Å². The van der Waals surface area contributed by atoms with Crippen LogP contribution in [0.15, 0.2) is 60.9 Å². The van der Waals surface area contributed by atoms with Gasteiger partial charge in [0.15, 0.2) is 0 Å². The number of aromatic nitrogens is 2. The molecule has 30 heavy (non-hydrogen) atoms. The Morgan fingerprint density at radius 1 is 0.733 bits per heavy atom. The molecule has 0 fully saturated rings. The number of rotatable bonds is 4. The highest BCUT2D eigenvalue weighted by Gasteiger charge is 2.08. The third kappa shape index (κ3) is 4.74. The number of hydrogen-bond acceptors (Lipinski definition) is 4. The van der Waals surface area contributed by atoms with Crippen LogP contribution in [0.2, 0.25) is 10.0 Å². The van der Waals surface area contributed by atoms with Gasteiger partial charge in [0, 0.05) is 23.2 Å². The monoisotopic (exact) mass is 446 g/mol. The van der Waals surface area contributed by atoms with Gasteiger partial charge in [-0.2, -0.15) is 0 Å². The van der Waals surface area contributed by atoms with Crippen molar-refractivity contribution < 1.29 is 9.59 Å². The molecule has 10 heteroatoms. The van der Waals surface area contributed by atoms with Crippen LogP contribution in [0.3, 0.4) is 0 Å². The van der Waals surface area contributed by atoms with Gasteiger partial charge in [-0.25, -0.2) is 0 Å². The van der Waals surface area contributed by atoms with E-state index in [9.17, 15) is 9.59 Å². The number of carbonyl (C=O) groups is 2. The van der Waals surface area contributed by atoms with Crippen molar-refractivity contribution in [2.75, 3.05) is 23.9 Å². The molecular formula is C20H20Cl2N6O2. The third-order valence-electron chi connectivity index (χ3n) is 4.19. The summed E-state index contributed by atoms with van der Waals surface area (Å²) in [6, 6.07) is 15.1. The normalized spacial score (nSPS) is 10.5. The molecule has 0 radical (unpaired) electrons. The fourth-order valence-electron chi connectivity index (χ4n) is 2.82. The summed E-state index contributed by atoms with van der Waals surface area (Å²) >= 11 is 12.0. The van der Waals surface area contributed by atoms with Crippen LogP contribution in [0.4, 0.5) is 0 Å². The molecule has 0 saturated heterocycles. The molecule has 0 aliphatic rings. The highest BCUT2D eigenvalue weighted by molar-refractivity contribution is 6.36. The lowest BCUT2D eigenvalue weighted by Crippen LogP contribution is -2.28. The molecular weight excluding hydrogens is 427 g/mol. The molecule has 0 saturated carbocycles. The summed E-state index contributed by atoms with van der Waals surface area (Å²) in [6.45, 7) is -0.103. The first kappa shape index (κ1) is 21.7. The second kappa shape index (κ2) is 9.64. The Balaban J connectivity index is 0.000000171. The van der Waals surface area contributed by atoms with Crippen molar-refractivity contribution in [1.82, 2.24) is 9.35 Å². The zero-order valence-electron chi connectivity index (χ0n) is 15.8. The number of fused-ring (bicyclic) bond motifs is 2. The van der Waals surface area contributed by atoms with Crippen molar-refractivity contribution in [3.8, 4) is 0 Å². The first-order valence-electron chi connectivity index (χ1n) is 8.95. The summed E-state index contributed by atoms with van der Waals surface area (Å²) in [5.41, 5.74) is 17.4. The Hall–Kier alpha value is -3.04. The average molecular weight is 447 g/mol. The molecule has 0 aliphatic heterocycles. The summed E-state index contributed by atoms with van der Waals surface area (Å²) in [5.74, 6) is -0.514. The molecule has 2 amide bonds. The molecule has 8 nitrogen and oxygen atoms in total. The summed E-state index contributed by atoms with van der Waals surface area (Å²) in [4.78, 5) is 22.3. The lowest BCUT2D eigenvalue weighted by Gasteiger charge is -2.05. The number of halogens is 2. The maximum absolute atomic E-state index is 11.1. The van der Waals surface area contributed by atoms with Crippen LogP contribution in [0, 0.1) is 0 Å². The standard InChI is InChI=1S/2C10H10ClN3O/c2*11-8-6-14(13-10(15)5-12)9-4-2-1-3-7(8)9/h2*1-4,6H,5,12H2,(H,13,15). The van der Waals surface area contributed by atoms with E-state index in [0.29, 0.717) is 10.0 Å². The second-order valence-electron chi connectivity index (χ2n) is 6.21. The topological polar surface area (TPSA) is 120 Å². The van der Waals surface area contributed by atoms with E-state index in [4.69, 9.17) is 34.7 Å². The molecule has 156 valence electrons. The maximum Gasteiger partial charge on any atom is 0.252 e. The van der Waals surface area contributed by atoms with E-state index in [-0.39, 0.29) is 24.9 Å². The minimum absolute atomic E-state index is 0.0515. The van der Waals surface area contributed by atoms with Gasteiger partial charge in [0.2, 0.25) is 0 Å². The van der Waals surface area contributed by atoms with Crippen molar-refractivity contribution in [3.05, 3.63) is 71.0 Å². The molecule has 2 heterocycles. The zero-order valence-corrected chi connectivity index (χ0v) is 17.3. The van der Waals surface area contributed by atoms with Crippen LogP contribution in [0.1, 0.15) is 0 Å². The van der Waals surface area contributed by atoms with Crippen LogP contribution in [-0.2, 0) is 9.59 Å². The van der Waals surface area contributed by atoms with Gasteiger partial charge in [-0.15, -0.1) is 0 Å². The van der Waals surface area contributed by atoms with Gasteiger partial charge in [0.1, 0.15) is 0 Å². The summed E-state index contributed by atoms with van der Waals surface area (Å²) in [6.07, 6.45) is 3.31. The quantitative estimate of drug-likeness (QED) is 0.385. The van der Waals surface area contributed by atoms with Gasteiger partial charge in [-0.1, -0.05) is 59.6 Å². The van der Waals surface area contributed by atoms with E-state index >= 15 is 0 Å². The number of para-hydroxylation sites is 2. The molecule has 0 bridgehead atoms. The first-order chi connectivity index (χ1) is 14.4. The molecule has 0 spiro atoms. The number of nitrogens with one attached hydrogen (secondary N) is 2. The molecule has 4 aromatic rings. The van der Waals surface area contributed by atoms with Crippen molar-refractivity contribution in [2.45, 2.75) is 0 Å². The number of carbonyl (C=O) groups excluding carboxylic acids is 2. The maximum atomic E-state index is 11.1. The molecule has 2 aromatic heterocycles. The second-order valence-corrected chi connectivity index (χ2v) is 7.02. The Bertz CT molecular complexity index is 1110. The Morgan fingerprint density at radius 2 is 1.10 bits per heavy atom. The first-order valence-corrected chi connectivity index (χ1v) is 9.71. The largest absolute Gasteiger partial charge is 0.322 e. The molecule has 0 unspecified atom stereocenters. The van der Waals surface area contributed by atoms with E-state index in [0.717, 1.165) is 21.8 Å². The summed E-state index contributed by atoms with van der Waals surface area (Å²) in [7, 11) is 0. The Labute approximate surface area is 182 Å². The van der Waals surface area contributed by atoms with Crippen molar-refractivity contribution in [3.63, 3.8) is 0 Å². The minimum Gasteiger partial charge on any atom is -0.322 e. The van der Waals surface area contributed by atoms with Gasteiger partial charge in [0.05, 0.1) is 34.2 Å². The van der Waals surface area contributed by atoms with Crippen LogP contribution in [-0.4, -0.2) is 34.3 Å². The van der Waals surface area contributed by atoms with Gasteiger partial charge in [-0.3, -0.25) is 29.8 Å². The van der Waals surface area contributed by atoms with Gasteiger partial charge in [0.25, 0.3) is 11.8 Å². The number of nitrogens with zero attached hydrogens (tertiary/aromatic N) is 2. The summed E-state index contributed by atoms with van der Waals surface area (Å²) < 4.78 is 3.15. The van der Waals surface area contributed by atoms with E-state index in [1.54, 1.807) is 21.7 Å². The van der Waals surface area contributed by atoms with Crippen molar-refractivity contribution in [1.29, 1.82) is 0 Å². The van der Waals surface area contributed by atoms with Crippen LogP contribution < -0.4 is 22.3 Å². The molecule has 4 rings (SSSR count). The molecule has 6 N–H and O–H groups in total. The van der Waals surface area contributed by atoms with Crippen LogP contribution >= 0.6 is 23.2 Å². The van der Waals surface area contributed by atoms with E-state index in [1.165, 1.54) is 0 Å². The Morgan fingerprint density at radius 3 is 1.47 bits per heavy atom. The minimum atomic E-state index is -0.257. The highest BCUT2D eigenvalue weighted by Crippen LogP contribution is 2.25. The predicted octanol–water partition coefficient (Wildman–Crippen LogP) is 2.65. The Kier molecular flexibility index (Phi) is 6.96. The smallest absolute Gasteiger partial charge is 0.252 e. The van der Waals surface area contributed by atoms with E-state index in [1.807, 2.05) is 48.5 Å². The van der Waals surface area contributed by atoms with Gasteiger partial charge >= 0.3 is 0 Å². The van der Waals surface area contributed by atoms with Crippen molar-refractivity contribution in [2.24, 2.45) is 11.5 Å². The lowest BCUT2D eigenvalue weighted by molar-refractivity contribution is -0.116. The number of hydrogen-bond donors (Lipinski definition) is 4. The van der Waals surface area contributed by atoms with E-state index in [2.05, 4.69) is 10.9 Å². The fourth-order valence-corrected chi connectivity index (χ4v) is 3.34. The zero-order chi connectivity index (χ0) is 21.7. The van der Waals surface area contributed by atoms with E-state index < -0.39 is 0 Å². The molecule has 2 aromatic carbocycles. The fraction of sp³-hybridized carbons (Fsp3) is 0.100. The molecule has 0 atom stereocenters. The molecule has 0 aliphatic carbocycles. The van der Waals surface area contributed by atoms with Crippen LogP contribution in [0.25, 0.3) is 21.8 Å². The van der Waals surface area contributed by atoms with Gasteiger partial charge in [-0.05, 0) is 12.1 Å². The summed E-state index contributed by atoms with van der Waals surface area (Å²) in [5, 5.41) is 3.00. The van der Waals surface area contributed by atoms with Crippen molar-refractivity contribution >= 4 is 56.8 Å². The predicted molar refractivity (Wildman–Crippen MR) is 121 cm³/mol. The highest BCUT2D eigenvalue weighted by atomic mass is 35.5. The number of benzene rings is 2.